The van der Waals surface area contributed by atoms with Crippen molar-refractivity contribution < 1.29 is 9.59 Å². The molecule has 0 radical (unpaired) electrons. The number of amides is 2. The molecule has 6 heteroatoms. The van der Waals surface area contributed by atoms with Crippen LogP contribution < -0.4 is 22.1 Å². The zero-order chi connectivity index (χ0) is 24.2. The van der Waals surface area contributed by atoms with E-state index >= 15 is 0 Å². The van der Waals surface area contributed by atoms with Gasteiger partial charge in [-0.05, 0) is 109 Å². The number of carbonyl (C=O) groups excluding carboxylic acids is 2. The largest absolute Gasteiger partial charge is 0.399 e. The van der Waals surface area contributed by atoms with Gasteiger partial charge in [-0.3, -0.25) is 9.59 Å². The van der Waals surface area contributed by atoms with Crippen molar-refractivity contribution in [3.63, 3.8) is 0 Å². The Bertz CT molecular complexity index is 1250. The molecule has 0 saturated heterocycles. The summed E-state index contributed by atoms with van der Waals surface area (Å²) in [5.74, 6) is -0.381. The van der Waals surface area contributed by atoms with E-state index in [0.29, 0.717) is 33.9 Å². The predicted molar refractivity (Wildman–Crippen MR) is 139 cm³/mol. The van der Waals surface area contributed by atoms with E-state index in [1.807, 2.05) is 50.2 Å². The zero-order valence-electron chi connectivity index (χ0n) is 19.1. The SMILES string of the molecule is Cc1cc(NC(=O)c2ccc(N)cc2)ccc1-c1ccc(NC(=O)c2ccc(N)cc2)cc1C. The molecule has 0 unspecified atom stereocenters. The van der Waals surface area contributed by atoms with E-state index in [9.17, 15) is 9.59 Å². The van der Waals surface area contributed by atoms with Gasteiger partial charge in [0.1, 0.15) is 0 Å². The first kappa shape index (κ1) is 22.6. The number of hydrogen-bond donors (Lipinski definition) is 4. The second kappa shape index (κ2) is 9.50. The Kier molecular flexibility index (Phi) is 6.32. The van der Waals surface area contributed by atoms with Gasteiger partial charge in [0.15, 0.2) is 0 Å². The highest BCUT2D eigenvalue weighted by atomic mass is 16.2. The van der Waals surface area contributed by atoms with Gasteiger partial charge in [0.2, 0.25) is 0 Å². The van der Waals surface area contributed by atoms with Gasteiger partial charge in [0.25, 0.3) is 11.8 Å². The number of benzene rings is 4. The molecule has 170 valence electrons. The number of nitrogens with one attached hydrogen (secondary N) is 2. The molecule has 6 nitrogen and oxygen atoms in total. The summed E-state index contributed by atoms with van der Waals surface area (Å²) in [6.45, 7) is 4.01. The second-order valence-corrected chi connectivity index (χ2v) is 8.21. The third kappa shape index (κ3) is 5.07. The van der Waals surface area contributed by atoms with Crippen LogP contribution in [0.15, 0.2) is 84.9 Å². The standard InChI is InChI=1S/C28H26N4O2/c1-17-15-23(31-27(33)19-3-7-21(29)8-4-19)11-13-25(17)26-14-12-24(16-18(26)2)32-28(34)20-5-9-22(30)10-6-20/h3-16H,29-30H2,1-2H3,(H,31,33)(H,32,34). The molecule has 0 bridgehead atoms. The molecule has 0 saturated carbocycles. The van der Waals surface area contributed by atoms with Gasteiger partial charge < -0.3 is 22.1 Å². The van der Waals surface area contributed by atoms with E-state index in [2.05, 4.69) is 10.6 Å². The minimum atomic E-state index is -0.190. The second-order valence-electron chi connectivity index (χ2n) is 8.21. The molecule has 0 spiro atoms. The van der Waals surface area contributed by atoms with Crippen molar-refractivity contribution in [1.82, 2.24) is 0 Å². The Hall–Kier alpha value is -4.58. The van der Waals surface area contributed by atoms with E-state index < -0.39 is 0 Å². The van der Waals surface area contributed by atoms with Crippen LogP contribution in [-0.4, -0.2) is 11.8 Å². The summed E-state index contributed by atoms with van der Waals surface area (Å²) >= 11 is 0. The molecule has 0 aliphatic rings. The van der Waals surface area contributed by atoms with Crippen molar-refractivity contribution in [2.75, 3.05) is 22.1 Å². The van der Waals surface area contributed by atoms with Crippen molar-refractivity contribution in [3.8, 4) is 11.1 Å². The third-order valence-corrected chi connectivity index (χ3v) is 5.60. The zero-order valence-corrected chi connectivity index (χ0v) is 19.1. The number of nitrogen functional groups attached to an aromatic ring is 2. The first-order chi connectivity index (χ1) is 16.3. The van der Waals surface area contributed by atoms with Crippen LogP contribution in [0.1, 0.15) is 31.8 Å². The summed E-state index contributed by atoms with van der Waals surface area (Å²) in [5, 5.41) is 5.85. The van der Waals surface area contributed by atoms with Gasteiger partial charge >= 0.3 is 0 Å². The Morgan fingerprint density at radius 1 is 0.559 bits per heavy atom. The van der Waals surface area contributed by atoms with Gasteiger partial charge in [0, 0.05) is 33.9 Å². The fourth-order valence-corrected chi connectivity index (χ4v) is 3.76. The monoisotopic (exact) mass is 450 g/mol. The van der Waals surface area contributed by atoms with Crippen molar-refractivity contribution >= 4 is 34.6 Å². The molecule has 2 amide bonds. The number of anilines is 4. The van der Waals surface area contributed by atoms with E-state index in [1.54, 1.807) is 48.5 Å². The summed E-state index contributed by atoms with van der Waals surface area (Å²) in [4.78, 5) is 25.0. The minimum Gasteiger partial charge on any atom is -0.399 e. The van der Waals surface area contributed by atoms with E-state index in [0.717, 1.165) is 22.3 Å². The van der Waals surface area contributed by atoms with Crippen molar-refractivity contribution in [3.05, 3.63) is 107 Å². The van der Waals surface area contributed by atoms with Crippen LogP contribution in [0.5, 0.6) is 0 Å². The summed E-state index contributed by atoms with van der Waals surface area (Å²) < 4.78 is 0. The number of aryl methyl sites for hydroxylation is 2. The Morgan fingerprint density at radius 3 is 1.24 bits per heavy atom. The van der Waals surface area contributed by atoms with E-state index in [4.69, 9.17) is 11.5 Å². The van der Waals surface area contributed by atoms with Gasteiger partial charge in [0.05, 0.1) is 0 Å². The van der Waals surface area contributed by atoms with Gasteiger partial charge in [-0.2, -0.15) is 0 Å². The summed E-state index contributed by atoms with van der Waals surface area (Å²) in [7, 11) is 0. The first-order valence-corrected chi connectivity index (χ1v) is 10.9. The molecule has 4 rings (SSSR count). The predicted octanol–water partition coefficient (Wildman–Crippen LogP) is 5.64. The lowest BCUT2D eigenvalue weighted by Crippen LogP contribution is -2.12. The van der Waals surface area contributed by atoms with Crippen LogP contribution in [0, 0.1) is 13.8 Å². The Labute approximate surface area is 198 Å². The maximum Gasteiger partial charge on any atom is 0.255 e. The maximum absolute atomic E-state index is 12.5. The maximum atomic E-state index is 12.5. The van der Waals surface area contributed by atoms with Crippen molar-refractivity contribution in [1.29, 1.82) is 0 Å². The number of carbonyl (C=O) groups is 2. The molecule has 0 aliphatic carbocycles. The van der Waals surface area contributed by atoms with Gasteiger partial charge in [-0.1, -0.05) is 12.1 Å². The van der Waals surface area contributed by atoms with Gasteiger partial charge in [-0.25, -0.2) is 0 Å². The Balaban J connectivity index is 1.49. The normalized spacial score (nSPS) is 10.5. The van der Waals surface area contributed by atoms with Crippen LogP contribution >= 0.6 is 0 Å². The lowest BCUT2D eigenvalue weighted by atomic mass is 9.95. The van der Waals surface area contributed by atoms with E-state index in [1.165, 1.54) is 0 Å². The van der Waals surface area contributed by atoms with Crippen molar-refractivity contribution in [2.45, 2.75) is 13.8 Å². The molecule has 0 aliphatic heterocycles. The number of hydrogen-bond acceptors (Lipinski definition) is 4. The topological polar surface area (TPSA) is 110 Å². The van der Waals surface area contributed by atoms with Gasteiger partial charge in [-0.15, -0.1) is 0 Å². The summed E-state index contributed by atoms with van der Waals surface area (Å²) in [6.07, 6.45) is 0. The molecule has 0 fully saturated rings. The van der Waals surface area contributed by atoms with Crippen molar-refractivity contribution in [2.24, 2.45) is 0 Å². The van der Waals surface area contributed by atoms with E-state index in [-0.39, 0.29) is 11.8 Å². The molecular formula is C28H26N4O2. The third-order valence-electron chi connectivity index (χ3n) is 5.60. The van der Waals surface area contributed by atoms with Crippen LogP contribution in [0.2, 0.25) is 0 Å². The van der Waals surface area contributed by atoms with Crippen LogP contribution in [0.3, 0.4) is 0 Å². The molecule has 4 aromatic rings. The fraction of sp³-hybridized carbons (Fsp3) is 0.0714. The lowest BCUT2D eigenvalue weighted by Gasteiger charge is -2.14. The lowest BCUT2D eigenvalue weighted by molar-refractivity contribution is 0.101. The smallest absolute Gasteiger partial charge is 0.255 e. The van der Waals surface area contributed by atoms with Crippen LogP contribution in [0.25, 0.3) is 11.1 Å². The minimum absolute atomic E-state index is 0.190. The highest BCUT2D eigenvalue weighted by molar-refractivity contribution is 6.05. The highest BCUT2D eigenvalue weighted by Gasteiger charge is 2.11. The van der Waals surface area contributed by atoms with Crippen LogP contribution in [-0.2, 0) is 0 Å². The Morgan fingerprint density at radius 2 is 0.912 bits per heavy atom. The molecular weight excluding hydrogens is 424 g/mol. The molecule has 0 heterocycles. The molecule has 6 N–H and O–H groups in total. The molecule has 0 aromatic heterocycles. The molecule has 0 atom stereocenters. The number of nitrogens with two attached hydrogens (primary N) is 2. The summed E-state index contributed by atoms with van der Waals surface area (Å²) in [6, 6.07) is 25.2. The molecule has 4 aromatic carbocycles. The van der Waals surface area contributed by atoms with Crippen LogP contribution in [0.4, 0.5) is 22.7 Å². The highest BCUT2D eigenvalue weighted by Crippen LogP contribution is 2.30. The summed E-state index contributed by atoms with van der Waals surface area (Å²) in [5.41, 5.74) is 19.3. The fourth-order valence-electron chi connectivity index (χ4n) is 3.76. The average Bonchev–Trinajstić information content (AvgIpc) is 2.80. The molecule has 34 heavy (non-hydrogen) atoms. The average molecular weight is 451 g/mol. The first-order valence-electron chi connectivity index (χ1n) is 10.9. The quantitative estimate of drug-likeness (QED) is 0.295. The number of rotatable bonds is 5.